The molecule has 1 aliphatic rings. The number of aryl methyl sites for hydroxylation is 1. The maximum absolute atomic E-state index is 13.2. The summed E-state index contributed by atoms with van der Waals surface area (Å²) >= 11 is 0. The van der Waals surface area contributed by atoms with Gasteiger partial charge in [-0.05, 0) is 23.1 Å². The Kier molecular flexibility index (Phi) is 6.99. The van der Waals surface area contributed by atoms with E-state index in [1.807, 2.05) is 61.6 Å². The molecule has 194 valence electrons. The molecule has 3 amide bonds. The highest BCUT2D eigenvalue weighted by Crippen LogP contribution is 2.41. The molecule has 0 radical (unpaired) electrons. The van der Waals surface area contributed by atoms with Gasteiger partial charge in [0, 0.05) is 20.1 Å². The first-order valence-corrected chi connectivity index (χ1v) is 12.5. The summed E-state index contributed by atoms with van der Waals surface area (Å²) in [6, 6.07) is 30.0. The highest BCUT2D eigenvalue weighted by Gasteiger charge is 2.38. The fourth-order valence-corrected chi connectivity index (χ4v) is 5.07. The van der Waals surface area contributed by atoms with Gasteiger partial charge in [0.25, 0.3) is 0 Å². The zero-order valence-corrected chi connectivity index (χ0v) is 21.0. The van der Waals surface area contributed by atoms with Crippen LogP contribution in [0.4, 0.5) is 21.1 Å². The molecule has 0 unspecified atom stereocenters. The third-order valence-corrected chi connectivity index (χ3v) is 6.91. The molecule has 1 aliphatic heterocycles. The Hall–Kier alpha value is -4.79. The van der Waals surface area contributed by atoms with Crippen LogP contribution in [0, 0.1) is 0 Å². The highest BCUT2D eigenvalue weighted by molar-refractivity contribution is 5.93. The van der Waals surface area contributed by atoms with Gasteiger partial charge in [-0.3, -0.25) is 4.68 Å². The molecule has 3 aromatic carbocycles. The van der Waals surface area contributed by atoms with Crippen LogP contribution >= 0.6 is 0 Å². The van der Waals surface area contributed by atoms with Gasteiger partial charge in [-0.25, -0.2) is 9.59 Å². The van der Waals surface area contributed by atoms with Crippen molar-refractivity contribution in [1.82, 2.24) is 20.0 Å². The van der Waals surface area contributed by atoms with Crippen molar-refractivity contribution in [1.29, 1.82) is 0 Å². The lowest BCUT2D eigenvalue weighted by molar-refractivity contribution is 0.189. The standard InChI is InChI=1S/C29H30N6O3/c1-34-26(25(19-30-34)32-27(36)35-18-17-24(20-35)31-28(37)38)33-29(21-11-5-2-6-12-21,22-13-7-3-8-14-22)23-15-9-4-10-16-23/h2-16,19,24,31,33H,17-18,20H2,1H3,(H,32,36)(H,37,38)/t24-/m1/s1. The van der Waals surface area contributed by atoms with Crippen LogP contribution in [0.25, 0.3) is 0 Å². The SMILES string of the molecule is Cn1ncc(NC(=O)N2CC[C@@H](NC(=O)O)C2)c1NC(c1ccccc1)(c1ccccc1)c1ccccc1. The second kappa shape index (κ2) is 10.7. The van der Waals surface area contributed by atoms with Gasteiger partial charge >= 0.3 is 12.1 Å². The first kappa shape index (κ1) is 24.9. The minimum atomic E-state index is -1.09. The third kappa shape index (κ3) is 4.90. The fourth-order valence-electron chi connectivity index (χ4n) is 5.07. The highest BCUT2D eigenvalue weighted by atomic mass is 16.4. The number of carbonyl (C=O) groups excluding carboxylic acids is 1. The summed E-state index contributed by atoms with van der Waals surface area (Å²) in [7, 11) is 1.83. The van der Waals surface area contributed by atoms with E-state index in [1.165, 1.54) is 0 Å². The van der Waals surface area contributed by atoms with Crippen molar-refractivity contribution in [2.24, 2.45) is 7.05 Å². The van der Waals surface area contributed by atoms with Gasteiger partial charge in [0.15, 0.2) is 0 Å². The molecule has 4 N–H and O–H groups in total. The average molecular weight is 511 g/mol. The molecule has 1 saturated heterocycles. The molecule has 0 bridgehead atoms. The van der Waals surface area contributed by atoms with E-state index in [0.29, 0.717) is 31.0 Å². The number of hydrogen-bond donors (Lipinski definition) is 4. The van der Waals surface area contributed by atoms with E-state index in [4.69, 9.17) is 5.11 Å². The Balaban J connectivity index is 1.53. The summed E-state index contributed by atoms with van der Waals surface area (Å²) in [6.45, 7) is 0.769. The molecule has 4 aromatic rings. The number of hydrogen-bond acceptors (Lipinski definition) is 4. The van der Waals surface area contributed by atoms with Gasteiger partial charge in [0.2, 0.25) is 0 Å². The summed E-state index contributed by atoms with van der Waals surface area (Å²) in [6.07, 6.45) is 1.10. The van der Waals surface area contributed by atoms with Gasteiger partial charge in [-0.2, -0.15) is 5.10 Å². The summed E-state index contributed by atoms with van der Waals surface area (Å²) < 4.78 is 1.71. The molecule has 2 heterocycles. The number of benzene rings is 3. The molecule has 9 heteroatoms. The van der Waals surface area contributed by atoms with E-state index in [2.05, 4.69) is 57.4 Å². The maximum atomic E-state index is 13.2. The van der Waals surface area contributed by atoms with Gasteiger partial charge in [-0.1, -0.05) is 91.0 Å². The summed E-state index contributed by atoms with van der Waals surface area (Å²) in [4.78, 5) is 25.8. The smallest absolute Gasteiger partial charge is 0.404 e. The largest absolute Gasteiger partial charge is 0.465 e. The minimum absolute atomic E-state index is 0.286. The number of aromatic nitrogens is 2. The molecule has 0 aliphatic carbocycles. The van der Waals surface area contributed by atoms with Crippen molar-refractivity contribution in [2.45, 2.75) is 18.0 Å². The van der Waals surface area contributed by atoms with Crippen molar-refractivity contribution < 1.29 is 14.7 Å². The number of anilines is 2. The molecule has 1 fully saturated rings. The fraction of sp³-hybridized carbons (Fsp3) is 0.207. The van der Waals surface area contributed by atoms with Crippen molar-refractivity contribution in [3.63, 3.8) is 0 Å². The molecular formula is C29H30N6O3. The molecule has 0 spiro atoms. The van der Waals surface area contributed by atoms with Crippen LogP contribution in [0.5, 0.6) is 0 Å². The second-order valence-corrected chi connectivity index (χ2v) is 9.31. The number of nitrogens with zero attached hydrogens (tertiary/aromatic N) is 3. The number of nitrogens with one attached hydrogen (secondary N) is 3. The van der Waals surface area contributed by atoms with E-state index in [9.17, 15) is 9.59 Å². The van der Waals surface area contributed by atoms with E-state index in [-0.39, 0.29) is 12.1 Å². The molecule has 0 saturated carbocycles. The molecule has 1 atom stereocenters. The monoisotopic (exact) mass is 510 g/mol. The quantitative estimate of drug-likeness (QED) is 0.269. The number of carboxylic acid groups (broad SMARTS) is 1. The summed E-state index contributed by atoms with van der Waals surface area (Å²) in [5.41, 5.74) is 2.81. The normalized spacial score (nSPS) is 15.2. The van der Waals surface area contributed by atoms with Crippen LogP contribution in [-0.4, -0.2) is 51.0 Å². The lowest BCUT2D eigenvalue weighted by Crippen LogP contribution is -2.40. The number of likely N-dealkylation sites (tertiary alicyclic amines) is 1. The molecule has 38 heavy (non-hydrogen) atoms. The second-order valence-electron chi connectivity index (χ2n) is 9.31. The Morgan fingerprint density at radius 2 is 1.42 bits per heavy atom. The Labute approximate surface area is 221 Å². The summed E-state index contributed by atoms with van der Waals surface area (Å²) in [5.74, 6) is 0.634. The van der Waals surface area contributed by atoms with Gasteiger partial charge in [-0.15, -0.1) is 0 Å². The van der Waals surface area contributed by atoms with Crippen LogP contribution in [0.2, 0.25) is 0 Å². The summed E-state index contributed by atoms with van der Waals surface area (Å²) in [5, 5.41) is 22.7. The maximum Gasteiger partial charge on any atom is 0.404 e. The van der Waals surface area contributed by atoms with Crippen molar-refractivity contribution in [3.05, 3.63) is 114 Å². The van der Waals surface area contributed by atoms with Crippen molar-refractivity contribution in [2.75, 3.05) is 23.7 Å². The Bertz CT molecular complexity index is 1300. The minimum Gasteiger partial charge on any atom is -0.465 e. The van der Waals surface area contributed by atoms with Crippen molar-refractivity contribution in [3.8, 4) is 0 Å². The predicted octanol–water partition coefficient (Wildman–Crippen LogP) is 4.70. The first-order valence-electron chi connectivity index (χ1n) is 12.5. The number of rotatable bonds is 7. The zero-order valence-electron chi connectivity index (χ0n) is 21.0. The van der Waals surface area contributed by atoms with Crippen molar-refractivity contribution >= 4 is 23.6 Å². The third-order valence-electron chi connectivity index (χ3n) is 6.91. The van der Waals surface area contributed by atoms with Gasteiger partial charge in [0.05, 0.1) is 12.2 Å². The van der Waals surface area contributed by atoms with E-state index < -0.39 is 11.6 Å². The molecule has 5 rings (SSSR count). The Morgan fingerprint density at radius 1 is 0.895 bits per heavy atom. The Morgan fingerprint density at radius 3 is 1.92 bits per heavy atom. The molecule has 1 aromatic heterocycles. The average Bonchev–Trinajstić information content (AvgIpc) is 3.54. The first-order chi connectivity index (χ1) is 18.5. The van der Waals surface area contributed by atoms with Crippen LogP contribution in [-0.2, 0) is 12.6 Å². The van der Waals surface area contributed by atoms with Crippen LogP contribution in [0.1, 0.15) is 23.1 Å². The van der Waals surface area contributed by atoms with E-state index in [1.54, 1.807) is 15.8 Å². The molecule has 9 nitrogen and oxygen atoms in total. The number of amides is 3. The van der Waals surface area contributed by atoms with Gasteiger partial charge < -0.3 is 26.0 Å². The van der Waals surface area contributed by atoms with Crippen LogP contribution in [0.3, 0.4) is 0 Å². The zero-order chi connectivity index (χ0) is 26.5. The van der Waals surface area contributed by atoms with Crippen LogP contribution < -0.4 is 16.0 Å². The topological polar surface area (TPSA) is 112 Å². The predicted molar refractivity (Wildman–Crippen MR) is 146 cm³/mol. The molecular weight excluding hydrogens is 480 g/mol. The van der Waals surface area contributed by atoms with Gasteiger partial charge in [0.1, 0.15) is 17.0 Å². The lowest BCUT2D eigenvalue weighted by Gasteiger charge is -2.38. The van der Waals surface area contributed by atoms with E-state index in [0.717, 1.165) is 16.7 Å². The van der Waals surface area contributed by atoms with Crippen LogP contribution in [0.15, 0.2) is 97.2 Å². The number of carbonyl (C=O) groups is 2. The van der Waals surface area contributed by atoms with E-state index >= 15 is 0 Å². The lowest BCUT2D eigenvalue weighted by atomic mass is 9.77. The number of urea groups is 1.